The zero-order chi connectivity index (χ0) is 21.2. The van der Waals surface area contributed by atoms with Crippen LogP contribution in [0.2, 0.25) is 0 Å². The highest BCUT2D eigenvalue weighted by atomic mass is 32.2. The van der Waals surface area contributed by atoms with Crippen molar-refractivity contribution in [2.24, 2.45) is 0 Å². The first-order valence-corrected chi connectivity index (χ1v) is 11.3. The number of carbonyl (C=O) groups excluding carboxylic acids is 1. The molecule has 0 aliphatic carbocycles. The molecule has 1 heterocycles. The number of fused-ring (bicyclic) bond motifs is 1. The smallest absolute Gasteiger partial charge is 0.244 e. The monoisotopic (exact) mass is 419 g/mol. The Bertz CT molecular complexity index is 1010. The van der Waals surface area contributed by atoms with Crippen LogP contribution < -0.4 is 5.32 Å². The second-order valence-electron chi connectivity index (χ2n) is 7.48. The lowest BCUT2D eigenvalue weighted by atomic mass is 9.98. The van der Waals surface area contributed by atoms with E-state index < -0.39 is 16.1 Å². The third-order valence-corrected chi connectivity index (χ3v) is 6.38. The predicted octanol–water partition coefficient (Wildman–Crippen LogP) is 2.60. The summed E-state index contributed by atoms with van der Waals surface area (Å²) in [6.45, 7) is 2.87. The fourth-order valence-corrected chi connectivity index (χ4v) is 4.41. The Morgan fingerprint density at radius 3 is 2.69 bits per heavy atom. The van der Waals surface area contributed by atoms with E-state index in [0.717, 1.165) is 22.4 Å². The molecule has 6 nitrogen and oxygen atoms in total. The van der Waals surface area contributed by atoms with Crippen LogP contribution in [0.1, 0.15) is 23.6 Å². The Kier molecular flexibility index (Phi) is 6.24. The van der Waals surface area contributed by atoms with Gasteiger partial charge in [0.05, 0.1) is 6.26 Å². The summed E-state index contributed by atoms with van der Waals surface area (Å²) in [4.78, 5) is 14.3. The average molecular weight is 420 g/mol. The maximum Gasteiger partial charge on any atom is 0.244 e. The molecule has 2 aromatic carbocycles. The van der Waals surface area contributed by atoms with Crippen LogP contribution in [0.25, 0.3) is 0 Å². The molecule has 1 unspecified atom stereocenters. The largest absolute Gasteiger partial charge is 0.374 e. The van der Waals surface area contributed by atoms with Crippen molar-refractivity contribution in [2.45, 2.75) is 32.5 Å². The minimum atomic E-state index is -3.24. The van der Waals surface area contributed by atoms with Gasteiger partial charge in [-0.2, -0.15) is 4.31 Å². The number of carbonyl (C=O) groups is 1. The zero-order valence-corrected chi connectivity index (χ0v) is 17.7. The van der Waals surface area contributed by atoms with Gasteiger partial charge in [-0.15, -0.1) is 0 Å². The lowest BCUT2D eigenvalue weighted by molar-refractivity contribution is -0.130. The van der Waals surface area contributed by atoms with E-state index in [9.17, 15) is 17.6 Å². The van der Waals surface area contributed by atoms with Crippen LogP contribution in [0.3, 0.4) is 0 Å². The molecule has 0 saturated heterocycles. The van der Waals surface area contributed by atoms with Gasteiger partial charge in [-0.1, -0.05) is 24.3 Å². The zero-order valence-electron chi connectivity index (χ0n) is 16.9. The van der Waals surface area contributed by atoms with Gasteiger partial charge in [-0.05, 0) is 48.2 Å². The van der Waals surface area contributed by atoms with Crippen LogP contribution in [0.15, 0.2) is 42.5 Å². The summed E-state index contributed by atoms with van der Waals surface area (Å²) < 4.78 is 38.5. The normalized spacial score (nSPS) is 15.4. The number of sulfonamides is 1. The van der Waals surface area contributed by atoms with Crippen molar-refractivity contribution in [3.8, 4) is 0 Å². The molecule has 3 rings (SSSR count). The van der Waals surface area contributed by atoms with Gasteiger partial charge in [0.15, 0.2) is 0 Å². The summed E-state index contributed by atoms with van der Waals surface area (Å²) in [7, 11) is -1.55. The van der Waals surface area contributed by atoms with E-state index in [1.807, 2.05) is 18.2 Å². The van der Waals surface area contributed by atoms with Crippen molar-refractivity contribution in [3.63, 3.8) is 0 Å². The maximum atomic E-state index is 13.4. The molecule has 2 aromatic rings. The van der Waals surface area contributed by atoms with E-state index in [0.29, 0.717) is 26.1 Å². The summed E-state index contributed by atoms with van der Waals surface area (Å²) >= 11 is 0. The Labute approximate surface area is 171 Å². The molecule has 1 N–H and O–H groups in total. The first-order valence-electron chi connectivity index (χ1n) is 9.47. The Balaban J connectivity index is 1.69. The second kappa shape index (κ2) is 8.51. The first-order chi connectivity index (χ1) is 13.6. The Hall–Kier alpha value is -2.45. The number of likely N-dealkylation sites (N-methyl/N-ethyl adjacent to an activating group) is 1. The van der Waals surface area contributed by atoms with Crippen molar-refractivity contribution < 1.29 is 17.6 Å². The quantitative estimate of drug-likeness (QED) is 0.782. The number of hydrogen-bond donors (Lipinski definition) is 1. The van der Waals surface area contributed by atoms with Crippen molar-refractivity contribution in [1.29, 1.82) is 0 Å². The minimum Gasteiger partial charge on any atom is -0.374 e. The second-order valence-corrected chi connectivity index (χ2v) is 9.46. The Morgan fingerprint density at radius 2 is 2.00 bits per heavy atom. The third-order valence-electron chi connectivity index (χ3n) is 5.13. The molecule has 0 aromatic heterocycles. The molecular weight excluding hydrogens is 393 g/mol. The molecule has 1 amide bonds. The highest BCUT2D eigenvalue weighted by molar-refractivity contribution is 7.88. The lowest BCUT2D eigenvalue weighted by Crippen LogP contribution is -2.39. The number of rotatable bonds is 6. The number of anilines is 1. The van der Waals surface area contributed by atoms with Crippen LogP contribution in [0.4, 0.5) is 10.1 Å². The lowest BCUT2D eigenvalue weighted by Gasteiger charge is -2.29. The molecular formula is C21H26FN3O3S. The maximum absolute atomic E-state index is 13.4. The molecule has 0 bridgehead atoms. The molecule has 8 heteroatoms. The summed E-state index contributed by atoms with van der Waals surface area (Å²) in [5.74, 6) is -0.436. The van der Waals surface area contributed by atoms with Crippen LogP contribution in [0, 0.1) is 5.82 Å². The van der Waals surface area contributed by atoms with Gasteiger partial charge < -0.3 is 10.2 Å². The molecule has 156 valence electrons. The summed E-state index contributed by atoms with van der Waals surface area (Å²) in [5.41, 5.74) is 3.56. The third kappa shape index (κ3) is 5.13. The van der Waals surface area contributed by atoms with E-state index in [-0.39, 0.29) is 11.7 Å². The number of benzene rings is 2. The molecule has 29 heavy (non-hydrogen) atoms. The molecule has 1 atom stereocenters. The Morgan fingerprint density at radius 1 is 1.28 bits per heavy atom. The van der Waals surface area contributed by atoms with E-state index in [2.05, 4.69) is 5.32 Å². The number of halogens is 1. The van der Waals surface area contributed by atoms with Gasteiger partial charge in [-0.25, -0.2) is 12.8 Å². The van der Waals surface area contributed by atoms with E-state index >= 15 is 0 Å². The van der Waals surface area contributed by atoms with E-state index in [4.69, 9.17) is 0 Å². The first kappa shape index (κ1) is 21.3. The minimum absolute atomic E-state index is 0.111. The van der Waals surface area contributed by atoms with Crippen molar-refractivity contribution in [3.05, 3.63) is 65.0 Å². The topological polar surface area (TPSA) is 69.7 Å². The highest BCUT2D eigenvalue weighted by Gasteiger charge is 2.26. The summed E-state index contributed by atoms with van der Waals surface area (Å²) in [6.07, 6.45) is 1.81. The van der Waals surface area contributed by atoms with E-state index in [1.165, 1.54) is 22.7 Å². The standard InChI is InChI=1S/C21H26FN3O3S/c1-15(21(26)24(2)13-16-6-4-8-18(22)12-16)23-20-9-5-7-17-14-25(29(3,27)28)11-10-19(17)20/h4-9,12,15,23H,10-11,13-14H2,1-3H3. The number of amides is 1. The van der Waals surface area contributed by atoms with Crippen LogP contribution in [-0.4, -0.2) is 49.4 Å². The fraction of sp³-hybridized carbons (Fsp3) is 0.381. The number of nitrogens with one attached hydrogen (secondary N) is 1. The SMILES string of the molecule is CC(Nc1cccc2c1CCN(S(C)(=O)=O)C2)C(=O)N(C)Cc1cccc(F)c1. The molecule has 1 aliphatic heterocycles. The molecule has 0 saturated carbocycles. The molecule has 0 spiro atoms. The van der Waals surface area contributed by atoms with Gasteiger partial charge >= 0.3 is 0 Å². The van der Waals surface area contributed by atoms with Gasteiger partial charge in [0.2, 0.25) is 15.9 Å². The van der Waals surface area contributed by atoms with Crippen LogP contribution >= 0.6 is 0 Å². The van der Waals surface area contributed by atoms with Crippen molar-refractivity contribution in [1.82, 2.24) is 9.21 Å². The average Bonchev–Trinajstić information content (AvgIpc) is 2.66. The van der Waals surface area contributed by atoms with Gasteiger partial charge in [-0.3, -0.25) is 4.79 Å². The van der Waals surface area contributed by atoms with Crippen LogP contribution in [-0.2, 0) is 34.3 Å². The van der Waals surface area contributed by atoms with Gasteiger partial charge in [0.1, 0.15) is 11.9 Å². The fourth-order valence-electron chi connectivity index (χ4n) is 3.61. The highest BCUT2D eigenvalue weighted by Crippen LogP contribution is 2.28. The molecule has 0 radical (unpaired) electrons. The van der Waals surface area contributed by atoms with Crippen molar-refractivity contribution >= 4 is 21.6 Å². The molecule has 1 aliphatic rings. The summed E-state index contributed by atoms with van der Waals surface area (Å²) in [6, 6.07) is 11.4. The number of nitrogens with zero attached hydrogens (tertiary/aromatic N) is 2. The molecule has 0 fully saturated rings. The summed E-state index contributed by atoms with van der Waals surface area (Å²) in [5, 5.41) is 3.27. The van der Waals surface area contributed by atoms with E-state index in [1.54, 1.807) is 31.0 Å². The predicted molar refractivity (Wildman–Crippen MR) is 111 cm³/mol. The van der Waals surface area contributed by atoms with Gasteiger partial charge in [0.25, 0.3) is 0 Å². The van der Waals surface area contributed by atoms with Crippen molar-refractivity contribution in [2.75, 3.05) is 25.2 Å². The van der Waals surface area contributed by atoms with Gasteiger partial charge in [0, 0.05) is 32.4 Å². The van der Waals surface area contributed by atoms with Crippen LogP contribution in [0.5, 0.6) is 0 Å². The number of hydrogen-bond acceptors (Lipinski definition) is 4.